The lowest BCUT2D eigenvalue weighted by Gasteiger charge is -2.33. The fourth-order valence-electron chi connectivity index (χ4n) is 9.21. The van der Waals surface area contributed by atoms with Crippen molar-refractivity contribution in [2.45, 2.75) is 131 Å². The first-order valence-corrected chi connectivity index (χ1v) is 27.0. The van der Waals surface area contributed by atoms with Gasteiger partial charge in [0.15, 0.2) is 17.9 Å². The van der Waals surface area contributed by atoms with Gasteiger partial charge in [0.1, 0.15) is 42.3 Å². The number of nitrogens with two attached hydrogens (primary N) is 7. The number of carbonyl (C=O) groups excluding carboxylic acids is 9. The third-order valence-electron chi connectivity index (χ3n) is 13.2. The highest BCUT2D eigenvalue weighted by Gasteiger charge is 2.47. The SMILES string of the molecule is NC(N)=NCCCC(NC(=O)CN1CCC[C@H](NC(=O)[C@H](CO)NC(=O)[C@H](Cc2cccs2)NC(=O)CNC(=O)[C@@H]2[C@H](O)CCN2C(=O)[C@@H]2CCCN2C(=O)[C@H](CCCN=C(N)N)NC(=O)[C@H](N)CCCN=C(N)N)C1=O)C(=O)O. The number of amides is 9. The third-order valence-corrected chi connectivity index (χ3v) is 14.1. The van der Waals surface area contributed by atoms with E-state index in [1.165, 1.54) is 16.2 Å². The molecule has 444 valence electrons. The maximum atomic E-state index is 14.3. The summed E-state index contributed by atoms with van der Waals surface area (Å²) >= 11 is 1.25. The molecule has 0 aliphatic carbocycles. The molecule has 1 unspecified atom stereocenters. The number of nitrogens with zero attached hydrogens (tertiary/aromatic N) is 6. The Morgan fingerprint density at radius 2 is 1.30 bits per heavy atom. The number of thiophene rings is 1. The van der Waals surface area contributed by atoms with Crippen molar-refractivity contribution in [2.24, 2.45) is 55.1 Å². The lowest BCUT2D eigenvalue weighted by molar-refractivity contribution is -0.149. The van der Waals surface area contributed by atoms with Gasteiger partial charge in [-0.25, -0.2) is 4.79 Å². The number of nitrogens with one attached hydrogen (secondary N) is 6. The molecule has 3 saturated heterocycles. The minimum atomic E-state index is -1.64. The molecule has 0 bridgehead atoms. The Kier molecular flexibility index (Phi) is 26.0. The van der Waals surface area contributed by atoms with E-state index in [1.807, 2.05) is 0 Å². The van der Waals surface area contributed by atoms with Crippen LogP contribution in [0.3, 0.4) is 0 Å². The molecule has 0 saturated carbocycles. The van der Waals surface area contributed by atoms with Crippen LogP contribution >= 0.6 is 11.3 Å². The van der Waals surface area contributed by atoms with Crippen molar-refractivity contribution in [3.05, 3.63) is 22.4 Å². The molecule has 33 heteroatoms. The first-order chi connectivity index (χ1) is 38.0. The summed E-state index contributed by atoms with van der Waals surface area (Å²) in [5, 5.41) is 47.5. The van der Waals surface area contributed by atoms with Gasteiger partial charge in [0.05, 0.1) is 31.8 Å². The topological polar surface area (TPSA) is 533 Å². The van der Waals surface area contributed by atoms with Gasteiger partial charge in [-0.15, -0.1) is 11.3 Å². The molecule has 1 aromatic rings. The Morgan fingerprint density at radius 1 is 0.700 bits per heavy atom. The van der Waals surface area contributed by atoms with E-state index in [9.17, 15) is 63.3 Å². The fraction of sp³-hybridized carbons (Fsp3) is 0.638. The van der Waals surface area contributed by atoms with Crippen molar-refractivity contribution in [1.82, 2.24) is 46.6 Å². The number of carboxylic acids is 1. The van der Waals surface area contributed by atoms with E-state index in [0.29, 0.717) is 24.1 Å². The first-order valence-electron chi connectivity index (χ1n) is 26.1. The number of aliphatic imine (C=N–C) groups is 3. The zero-order chi connectivity index (χ0) is 59.1. The molecule has 4 rings (SSSR count). The number of likely N-dealkylation sites (tertiary alicyclic amines) is 3. The summed E-state index contributed by atoms with van der Waals surface area (Å²) in [5.41, 5.74) is 38.4. The average Bonchev–Trinajstić information content (AvgIpc) is 4.24. The smallest absolute Gasteiger partial charge is 0.326 e. The van der Waals surface area contributed by atoms with Crippen LogP contribution in [0.2, 0.25) is 0 Å². The van der Waals surface area contributed by atoms with E-state index in [-0.39, 0.29) is 115 Å². The lowest BCUT2D eigenvalue weighted by Crippen LogP contribution is -2.60. The summed E-state index contributed by atoms with van der Waals surface area (Å²) in [7, 11) is 0. The van der Waals surface area contributed by atoms with Gasteiger partial charge in [0, 0.05) is 50.6 Å². The van der Waals surface area contributed by atoms with Crippen LogP contribution in [0.4, 0.5) is 0 Å². The lowest BCUT2D eigenvalue weighted by atomic mass is 10.0. The molecule has 9 amide bonds. The Morgan fingerprint density at radius 3 is 1.90 bits per heavy atom. The highest BCUT2D eigenvalue weighted by molar-refractivity contribution is 7.09. The molecule has 0 aromatic carbocycles. The Bertz CT molecular complexity index is 2420. The summed E-state index contributed by atoms with van der Waals surface area (Å²) in [4.78, 5) is 150. The van der Waals surface area contributed by atoms with Crippen LogP contribution in [-0.2, 0) is 54.4 Å². The van der Waals surface area contributed by atoms with Crippen LogP contribution in [-0.4, -0.2) is 220 Å². The van der Waals surface area contributed by atoms with Gasteiger partial charge in [0.25, 0.3) is 0 Å². The highest BCUT2D eigenvalue weighted by atomic mass is 32.1. The molecule has 32 nitrogen and oxygen atoms in total. The number of guanidine groups is 3. The summed E-state index contributed by atoms with van der Waals surface area (Å²) in [6.45, 7) is -1.57. The second-order valence-electron chi connectivity index (χ2n) is 19.3. The number of hydrogen-bond donors (Lipinski definition) is 16. The van der Waals surface area contributed by atoms with Crippen molar-refractivity contribution in [3.8, 4) is 0 Å². The number of rotatable bonds is 31. The molecule has 1 aromatic heterocycles. The molecular formula is C47H77N19O13S. The molecule has 9 atom stereocenters. The number of carboxylic acid groups (broad SMARTS) is 1. The molecule has 3 aliphatic heterocycles. The largest absolute Gasteiger partial charge is 0.480 e. The molecule has 4 heterocycles. The van der Waals surface area contributed by atoms with Crippen LogP contribution in [0.5, 0.6) is 0 Å². The Labute approximate surface area is 464 Å². The number of aliphatic hydroxyl groups excluding tert-OH is 2. The summed E-state index contributed by atoms with van der Waals surface area (Å²) < 4.78 is 0. The zero-order valence-corrected chi connectivity index (χ0v) is 45.2. The predicted molar refractivity (Wildman–Crippen MR) is 290 cm³/mol. The van der Waals surface area contributed by atoms with Crippen molar-refractivity contribution in [1.29, 1.82) is 0 Å². The van der Waals surface area contributed by atoms with E-state index in [4.69, 9.17) is 40.1 Å². The predicted octanol–water partition coefficient (Wildman–Crippen LogP) is -8.03. The van der Waals surface area contributed by atoms with Crippen molar-refractivity contribution in [3.63, 3.8) is 0 Å². The third kappa shape index (κ3) is 20.4. The normalized spacial score (nSPS) is 19.7. The van der Waals surface area contributed by atoms with Gasteiger partial charge in [-0.05, 0) is 82.1 Å². The van der Waals surface area contributed by atoms with Gasteiger partial charge < -0.3 is 102 Å². The second-order valence-corrected chi connectivity index (χ2v) is 20.4. The maximum absolute atomic E-state index is 14.3. The van der Waals surface area contributed by atoms with E-state index < -0.39 is 133 Å². The monoisotopic (exact) mass is 1150 g/mol. The standard InChI is InChI=1S/C47H77N19O13S/c48-26(8-1-14-55-45(49)50)37(71)61-28(9-2-15-56-46(51)52)42(76)65-18-5-12-32(65)43(77)66-19-13-33(68)36(66)40(74)58-22-34(69)60-30(21-25-7-6-20-80-25)38(72)63-31(24-67)39(73)62-27-11-4-17-64(41(27)75)23-35(70)59-29(44(78)79)10-3-16-57-47(53)54/h6-7,20,26-33,36,67-68H,1-5,8-19,21-24,48H2,(H,58,74)(H,59,70)(H,60,69)(H,61,71)(H,62,73)(H,63,72)(H,78,79)(H4,49,50,55)(H4,51,52,56)(H4,53,54,57)/t26-,27+,28+,29?,30+,31+,32+,33-,36+/m1/s1. The number of aliphatic carboxylic acids is 1. The molecule has 80 heavy (non-hydrogen) atoms. The first kappa shape index (κ1) is 64.6. The second kappa shape index (κ2) is 32.2. The number of carbonyl (C=O) groups is 10. The van der Waals surface area contributed by atoms with Crippen LogP contribution in [0, 0.1) is 0 Å². The van der Waals surface area contributed by atoms with Crippen molar-refractivity contribution < 1.29 is 63.3 Å². The van der Waals surface area contributed by atoms with Gasteiger partial charge in [0.2, 0.25) is 53.2 Å². The molecule has 0 spiro atoms. The molecule has 3 fully saturated rings. The van der Waals surface area contributed by atoms with E-state index in [2.05, 4.69) is 46.9 Å². The maximum Gasteiger partial charge on any atom is 0.326 e. The van der Waals surface area contributed by atoms with Crippen LogP contribution < -0.4 is 72.0 Å². The summed E-state index contributed by atoms with van der Waals surface area (Å²) in [6, 6.07) is -6.88. The minimum Gasteiger partial charge on any atom is -0.480 e. The average molecular weight is 1150 g/mol. The minimum absolute atomic E-state index is 0.00333. The van der Waals surface area contributed by atoms with Crippen molar-refractivity contribution in [2.75, 3.05) is 59.0 Å². The fourth-order valence-corrected chi connectivity index (χ4v) is 9.96. The van der Waals surface area contributed by atoms with Crippen LogP contribution in [0.1, 0.15) is 75.5 Å². The van der Waals surface area contributed by atoms with E-state index in [1.54, 1.807) is 17.5 Å². The molecule has 0 radical (unpaired) electrons. The number of hydrogen-bond acceptors (Lipinski definition) is 17. The number of aliphatic hydroxyl groups is 2. The van der Waals surface area contributed by atoms with Gasteiger partial charge in [-0.2, -0.15) is 0 Å². The summed E-state index contributed by atoms with van der Waals surface area (Å²) in [6.07, 6.45) is 0.683. The van der Waals surface area contributed by atoms with Crippen LogP contribution in [0.25, 0.3) is 0 Å². The van der Waals surface area contributed by atoms with Crippen molar-refractivity contribution >= 4 is 88.3 Å². The van der Waals surface area contributed by atoms with Gasteiger partial charge in [-0.3, -0.25) is 58.1 Å². The number of piperidine rings is 1. The molecular weight excluding hydrogens is 1070 g/mol. The zero-order valence-electron chi connectivity index (χ0n) is 44.3. The Hall–Kier alpha value is -7.91. The van der Waals surface area contributed by atoms with Gasteiger partial charge in [-0.1, -0.05) is 6.07 Å². The molecule has 3 aliphatic rings. The Balaban J connectivity index is 1.37. The quantitative estimate of drug-likeness (QED) is 0.0186. The highest BCUT2D eigenvalue weighted by Crippen LogP contribution is 2.27. The van der Waals surface area contributed by atoms with E-state index >= 15 is 0 Å². The van der Waals surface area contributed by atoms with Gasteiger partial charge >= 0.3 is 5.97 Å². The summed E-state index contributed by atoms with van der Waals surface area (Å²) in [5.74, 6) is -8.80. The van der Waals surface area contributed by atoms with E-state index in [0.717, 1.165) is 9.80 Å². The van der Waals surface area contributed by atoms with Crippen LogP contribution in [0.15, 0.2) is 32.5 Å². The molecule has 23 N–H and O–H groups in total.